The quantitative estimate of drug-likeness (QED) is 0.672. The highest BCUT2D eigenvalue weighted by molar-refractivity contribution is 7.98. The summed E-state index contributed by atoms with van der Waals surface area (Å²) in [4.78, 5) is 0. The van der Waals surface area contributed by atoms with E-state index in [0.717, 1.165) is 34.7 Å². The van der Waals surface area contributed by atoms with Gasteiger partial charge in [-0.25, -0.2) is 0 Å². The summed E-state index contributed by atoms with van der Waals surface area (Å²) in [5, 5.41) is 13.2. The van der Waals surface area contributed by atoms with Gasteiger partial charge in [0, 0.05) is 18.4 Å². The molecule has 0 aliphatic heterocycles. The summed E-state index contributed by atoms with van der Waals surface area (Å²) in [7, 11) is 0. The summed E-state index contributed by atoms with van der Waals surface area (Å²) in [5.74, 6) is 2.99. The predicted molar refractivity (Wildman–Crippen MR) is 74.2 cm³/mol. The fourth-order valence-corrected chi connectivity index (χ4v) is 2.78. The van der Waals surface area contributed by atoms with Gasteiger partial charge >= 0.3 is 0 Å². The first-order valence-corrected chi connectivity index (χ1v) is 7.28. The molecule has 0 radical (unpaired) electrons. The zero-order valence-electron chi connectivity index (χ0n) is 11.2. The van der Waals surface area contributed by atoms with Crippen LogP contribution in [-0.4, -0.2) is 19.9 Å². The lowest BCUT2D eigenvalue weighted by Gasteiger charge is -2.04. The molecule has 0 spiro atoms. The number of aryl methyl sites for hydroxylation is 1. The summed E-state index contributed by atoms with van der Waals surface area (Å²) in [6.07, 6.45) is 1.63. The van der Waals surface area contributed by atoms with Crippen molar-refractivity contribution in [3.05, 3.63) is 35.9 Å². The minimum atomic E-state index is 0.702. The highest BCUT2D eigenvalue weighted by atomic mass is 32.2. The molecule has 3 aromatic rings. The maximum atomic E-state index is 5.38. The number of furan rings is 1. The van der Waals surface area contributed by atoms with Gasteiger partial charge in [-0.2, -0.15) is 0 Å². The van der Waals surface area contributed by atoms with Crippen LogP contribution < -0.4 is 0 Å². The smallest absolute Gasteiger partial charge is 0.200 e. The summed E-state index contributed by atoms with van der Waals surface area (Å²) < 4.78 is 12.5. The lowest BCUT2D eigenvalue weighted by molar-refractivity contribution is 0.393. The number of nitrogens with zero attached hydrogens (tertiary/aromatic N) is 4. The van der Waals surface area contributed by atoms with Crippen molar-refractivity contribution in [3.63, 3.8) is 0 Å². The van der Waals surface area contributed by atoms with Crippen LogP contribution in [0.3, 0.4) is 0 Å². The molecule has 0 fully saturated rings. The molecule has 3 heterocycles. The molecular weight excluding hydrogens is 276 g/mol. The molecular formula is C13H14N4O2S. The maximum Gasteiger partial charge on any atom is 0.200 e. The van der Waals surface area contributed by atoms with Crippen molar-refractivity contribution in [1.82, 2.24) is 19.9 Å². The second-order valence-electron chi connectivity index (χ2n) is 4.25. The first-order valence-electron chi connectivity index (χ1n) is 6.30. The predicted octanol–water partition coefficient (Wildman–Crippen LogP) is 3.15. The van der Waals surface area contributed by atoms with Gasteiger partial charge < -0.3 is 8.94 Å². The second-order valence-corrected chi connectivity index (χ2v) is 5.19. The zero-order chi connectivity index (χ0) is 13.9. The number of rotatable bonds is 5. The van der Waals surface area contributed by atoms with Crippen LogP contribution in [0.1, 0.15) is 18.4 Å². The number of thioether (sulfide) groups is 1. The fourth-order valence-electron chi connectivity index (χ4n) is 1.89. The Bertz CT molecular complexity index is 687. The highest BCUT2D eigenvalue weighted by Gasteiger charge is 2.15. The lowest BCUT2D eigenvalue weighted by atomic mass is 10.4. The van der Waals surface area contributed by atoms with Gasteiger partial charge in [0.05, 0.1) is 12.0 Å². The standard InChI is InChI=1S/C13H14N4O2S/c1-3-17-12(11-5-4-6-18-11)14-15-13(17)20-8-10-7-9(2)19-16-10/h4-7H,3,8H2,1-2H3. The normalized spacial score (nSPS) is 11.1. The third-order valence-electron chi connectivity index (χ3n) is 2.80. The molecule has 0 N–H and O–H groups in total. The Balaban J connectivity index is 1.80. The van der Waals surface area contributed by atoms with Crippen molar-refractivity contribution in [3.8, 4) is 11.6 Å². The summed E-state index contributed by atoms with van der Waals surface area (Å²) >= 11 is 1.58. The summed E-state index contributed by atoms with van der Waals surface area (Å²) in [5.41, 5.74) is 0.901. The molecule has 3 rings (SSSR count). The first kappa shape index (κ1) is 13.0. The second kappa shape index (κ2) is 5.54. The average Bonchev–Trinajstić information content (AvgIpc) is 3.16. The van der Waals surface area contributed by atoms with Crippen LogP contribution in [0, 0.1) is 6.92 Å². The van der Waals surface area contributed by atoms with Crippen molar-refractivity contribution in [2.75, 3.05) is 0 Å². The monoisotopic (exact) mass is 290 g/mol. The Morgan fingerprint density at radius 3 is 2.90 bits per heavy atom. The van der Waals surface area contributed by atoms with Crippen molar-refractivity contribution in [2.24, 2.45) is 0 Å². The maximum absolute atomic E-state index is 5.38. The topological polar surface area (TPSA) is 69.9 Å². The minimum absolute atomic E-state index is 0.702. The van der Waals surface area contributed by atoms with Gasteiger partial charge in [0.15, 0.2) is 16.7 Å². The Labute approximate surface area is 120 Å². The first-order chi connectivity index (χ1) is 9.78. The van der Waals surface area contributed by atoms with Gasteiger partial charge in [0.25, 0.3) is 0 Å². The van der Waals surface area contributed by atoms with Crippen LogP contribution in [0.25, 0.3) is 11.6 Å². The van der Waals surface area contributed by atoms with E-state index in [9.17, 15) is 0 Å². The van der Waals surface area contributed by atoms with E-state index in [1.165, 1.54) is 0 Å². The Morgan fingerprint density at radius 2 is 2.25 bits per heavy atom. The minimum Gasteiger partial charge on any atom is -0.461 e. The molecule has 0 aromatic carbocycles. The average molecular weight is 290 g/mol. The largest absolute Gasteiger partial charge is 0.461 e. The van der Waals surface area contributed by atoms with Gasteiger partial charge in [-0.3, -0.25) is 4.57 Å². The van der Waals surface area contributed by atoms with Crippen LogP contribution >= 0.6 is 11.8 Å². The van der Waals surface area contributed by atoms with Crippen molar-refractivity contribution in [2.45, 2.75) is 31.3 Å². The number of hydrogen-bond donors (Lipinski definition) is 0. The molecule has 20 heavy (non-hydrogen) atoms. The molecule has 0 atom stereocenters. The third-order valence-corrected chi connectivity index (χ3v) is 3.80. The molecule has 0 aliphatic rings. The molecule has 104 valence electrons. The Hall–Kier alpha value is -2.02. The van der Waals surface area contributed by atoms with Gasteiger partial charge in [-0.15, -0.1) is 10.2 Å². The number of aromatic nitrogens is 4. The van der Waals surface area contributed by atoms with Crippen LogP contribution in [0.2, 0.25) is 0 Å². The van der Waals surface area contributed by atoms with E-state index in [-0.39, 0.29) is 0 Å². The molecule has 0 aliphatic carbocycles. The number of hydrogen-bond acceptors (Lipinski definition) is 6. The van der Waals surface area contributed by atoms with E-state index in [2.05, 4.69) is 22.3 Å². The van der Waals surface area contributed by atoms with E-state index in [1.54, 1.807) is 18.0 Å². The van der Waals surface area contributed by atoms with Gasteiger partial charge in [0.1, 0.15) is 5.76 Å². The Kier molecular flexibility index (Phi) is 3.60. The van der Waals surface area contributed by atoms with Crippen molar-refractivity contribution in [1.29, 1.82) is 0 Å². The van der Waals surface area contributed by atoms with Gasteiger partial charge in [0.2, 0.25) is 0 Å². The third kappa shape index (κ3) is 2.49. The van der Waals surface area contributed by atoms with Crippen LogP contribution in [-0.2, 0) is 12.3 Å². The van der Waals surface area contributed by atoms with E-state index in [0.29, 0.717) is 5.75 Å². The van der Waals surface area contributed by atoms with Crippen LogP contribution in [0.4, 0.5) is 0 Å². The van der Waals surface area contributed by atoms with E-state index < -0.39 is 0 Å². The van der Waals surface area contributed by atoms with Crippen LogP contribution in [0.15, 0.2) is 38.6 Å². The van der Waals surface area contributed by atoms with Gasteiger partial charge in [-0.05, 0) is 26.0 Å². The molecule has 0 saturated carbocycles. The molecule has 0 saturated heterocycles. The molecule has 3 aromatic heterocycles. The molecule has 0 unspecified atom stereocenters. The van der Waals surface area contributed by atoms with Crippen molar-refractivity contribution < 1.29 is 8.94 Å². The summed E-state index contributed by atoms with van der Waals surface area (Å²) in [6.45, 7) is 4.72. The highest BCUT2D eigenvalue weighted by Crippen LogP contribution is 2.26. The SMILES string of the molecule is CCn1c(SCc2cc(C)on2)nnc1-c1ccco1. The fraction of sp³-hybridized carbons (Fsp3) is 0.308. The molecule has 6 nitrogen and oxygen atoms in total. The van der Waals surface area contributed by atoms with Gasteiger partial charge in [-0.1, -0.05) is 16.9 Å². The Morgan fingerprint density at radius 1 is 1.35 bits per heavy atom. The van der Waals surface area contributed by atoms with E-state index >= 15 is 0 Å². The lowest BCUT2D eigenvalue weighted by Crippen LogP contribution is -1.99. The van der Waals surface area contributed by atoms with E-state index in [1.807, 2.05) is 29.7 Å². The van der Waals surface area contributed by atoms with Crippen LogP contribution in [0.5, 0.6) is 0 Å². The molecule has 0 bridgehead atoms. The summed E-state index contributed by atoms with van der Waals surface area (Å²) in [6, 6.07) is 5.65. The molecule has 0 amide bonds. The zero-order valence-corrected chi connectivity index (χ0v) is 12.1. The van der Waals surface area contributed by atoms with Crippen molar-refractivity contribution >= 4 is 11.8 Å². The molecule has 7 heteroatoms. The van der Waals surface area contributed by atoms with E-state index in [4.69, 9.17) is 8.94 Å².